The van der Waals surface area contributed by atoms with Gasteiger partial charge in [0.1, 0.15) is 5.82 Å². The van der Waals surface area contributed by atoms with Crippen LogP contribution in [0.15, 0.2) is 48.5 Å². The van der Waals surface area contributed by atoms with Crippen molar-refractivity contribution in [2.75, 3.05) is 7.05 Å². The average Bonchev–Trinajstić information content (AvgIpc) is 2.48. The number of nitrogens with one attached hydrogen (secondary N) is 1. The van der Waals surface area contributed by atoms with Crippen LogP contribution in [0.2, 0.25) is 0 Å². The zero-order chi connectivity index (χ0) is 15.2. The lowest BCUT2D eigenvalue weighted by atomic mass is 10.1. The van der Waals surface area contributed by atoms with E-state index in [0.717, 1.165) is 12.1 Å². The van der Waals surface area contributed by atoms with E-state index in [9.17, 15) is 4.39 Å². The van der Waals surface area contributed by atoms with E-state index in [1.807, 2.05) is 11.9 Å². The Balaban J connectivity index is 1.84. The Morgan fingerprint density at radius 2 is 1.62 bits per heavy atom. The fraction of sp³-hybridized carbons (Fsp3) is 0.235. The first-order valence-electron chi connectivity index (χ1n) is 6.83. The van der Waals surface area contributed by atoms with Crippen LogP contribution in [0.4, 0.5) is 4.39 Å². The number of halogens is 1. The first kappa shape index (κ1) is 15.4. The third-order valence-electron chi connectivity index (χ3n) is 3.24. The summed E-state index contributed by atoms with van der Waals surface area (Å²) in [6.45, 7) is 3.43. The molecule has 21 heavy (non-hydrogen) atoms. The lowest BCUT2D eigenvalue weighted by Crippen LogP contribution is -2.36. The molecule has 2 nitrogen and oxygen atoms in total. The highest BCUT2D eigenvalue weighted by Gasteiger charge is 2.05. The predicted molar refractivity (Wildman–Crippen MR) is 88.5 cm³/mol. The van der Waals surface area contributed by atoms with Gasteiger partial charge in [0.2, 0.25) is 0 Å². The van der Waals surface area contributed by atoms with Crippen LogP contribution in [0.3, 0.4) is 0 Å². The summed E-state index contributed by atoms with van der Waals surface area (Å²) in [6.07, 6.45) is 0. The minimum atomic E-state index is -0.224. The molecule has 2 rings (SSSR count). The number of hydrogen-bond donors (Lipinski definition) is 1. The lowest BCUT2D eigenvalue weighted by Gasteiger charge is -2.21. The number of rotatable bonds is 4. The maximum absolute atomic E-state index is 12.8. The quantitative estimate of drug-likeness (QED) is 0.868. The van der Waals surface area contributed by atoms with Crippen LogP contribution in [0.5, 0.6) is 0 Å². The maximum atomic E-state index is 12.8. The fourth-order valence-corrected chi connectivity index (χ4v) is 2.09. The molecular formula is C17H19FN2S. The summed E-state index contributed by atoms with van der Waals surface area (Å²) >= 11 is 5.37. The van der Waals surface area contributed by atoms with Crippen molar-refractivity contribution in [3.8, 4) is 0 Å². The Morgan fingerprint density at radius 1 is 1.05 bits per heavy atom. The van der Waals surface area contributed by atoms with E-state index in [-0.39, 0.29) is 5.82 Å². The summed E-state index contributed by atoms with van der Waals surface area (Å²) in [5, 5.41) is 3.87. The minimum Gasteiger partial charge on any atom is -0.358 e. The van der Waals surface area contributed by atoms with Crippen molar-refractivity contribution < 1.29 is 4.39 Å². The van der Waals surface area contributed by atoms with Gasteiger partial charge in [-0.1, -0.05) is 42.0 Å². The second kappa shape index (κ2) is 7.18. The van der Waals surface area contributed by atoms with Gasteiger partial charge in [0, 0.05) is 20.1 Å². The predicted octanol–water partition coefficient (Wildman–Crippen LogP) is 3.64. The molecule has 0 saturated carbocycles. The molecule has 0 radical (unpaired) electrons. The summed E-state index contributed by atoms with van der Waals surface area (Å²) in [7, 11) is 1.96. The highest BCUT2D eigenvalue weighted by atomic mass is 32.1. The first-order valence-corrected chi connectivity index (χ1v) is 7.24. The summed E-state index contributed by atoms with van der Waals surface area (Å²) in [4.78, 5) is 1.99. The van der Waals surface area contributed by atoms with Gasteiger partial charge in [-0.25, -0.2) is 4.39 Å². The second-order valence-electron chi connectivity index (χ2n) is 5.13. The van der Waals surface area contributed by atoms with E-state index in [4.69, 9.17) is 12.2 Å². The minimum absolute atomic E-state index is 0.224. The molecule has 2 aromatic carbocycles. The van der Waals surface area contributed by atoms with Crippen molar-refractivity contribution >= 4 is 17.3 Å². The topological polar surface area (TPSA) is 15.3 Å². The van der Waals surface area contributed by atoms with E-state index in [1.165, 1.54) is 23.3 Å². The van der Waals surface area contributed by atoms with Crippen LogP contribution in [-0.4, -0.2) is 17.1 Å². The summed E-state index contributed by atoms with van der Waals surface area (Å²) in [5.41, 5.74) is 3.47. The summed E-state index contributed by atoms with van der Waals surface area (Å²) in [5.74, 6) is -0.224. The molecule has 0 unspecified atom stereocenters. The van der Waals surface area contributed by atoms with Crippen LogP contribution >= 0.6 is 12.2 Å². The molecule has 0 amide bonds. The fourth-order valence-electron chi connectivity index (χ4n) is 1.95. The number of hydrogen-bond acceptors (Lipinski definition) is 1. The Labute approximate surface area is 130 Å². The van der Waals surface area contributed by atoms with Crippen LogP contribution in [-0.2, 0) is 13.1 Å². The van der Waals surface area contributed by atoms with E-state index < -0.39 is 0 Å². The molecule has 0 heterocycles. The lowest BCUT2D eigenvalue weighted by molar-refractivity contribution is 0.488. The Kier molecular flexibility index (Phi) is 5.28. The Bertz CT molecular complexity index is 593. The number of nitrogens with zero attached hydrogens (tertiary/aromatic N) is 1. The number of thiocarbonyl (C=S) groups is 1. The highest BCUT2D eigenvalue weighted by Crippen LogP contribution is 2.07. The Hall–Kier alpha value is -1.94. The molecule has 0 atom stereocenters. The average molecular weight is 302 g/mol. The van der Waals surface area contributed by atoms with Gasteiger partial charge in [-0.15, -0.1) is 0 Å². The van der Waals surface area contributed by atoms with Gasteiger partial charge in [-0.2, -0.15) is 0 Å². The summed E-state index contributed by atoms with van der Waals surface area (Å²) < 4.78 is 12.8. The van der Waals surface area contributed by atoms with Gasteiger partial charge in [-0.05, 0) is 42.4 Å². The third-order valence-corrected chi connectivity index (χ3v) is 3.70. The SMILES string of the molecule is Cc1ccc(CN(C)C(=S)NCc2ccc(F)cc2)cc1. The molecule has 0 aliphatic carbocycles. The van der Waals surface area contributed by atoms with Crippen molar-refractivity contribution in [3.05, 3.63) is 71.0 Å². The van der Waals surface area contributed by atoms with Crippen molar-refractivity contribution in [2.24, 2.45) is 0 Å². The molecule has 0 aliphatic heterocycles. The second-order valence-corrected chi connectivity index (χ2v) is 5.51. The number of aryl methyl sites for hydroxylation is 1. The molecule has 1 N–H and O–H groups in total. The largest absolute Gasteiger partial charge is 0.358 e. The van der Waals surface area contributed by atoms with Gasteiger partial charge in [0.05, 0.1) is 0 Å². The zero-order valence-electron chi connectivity index (χ0n) is 12.3. The van der Waals surface area contributed by atoms with E-state index in [0.29, 0.717) is 11.7 Å². The normalized spacial score (nSPS) is 10.2. The first-order chi connectivity index (χ1) is 10.0. The van der Waals surface area contributed by atoms with Crippen molar-refractivity contribution in [1.29, 1.82) is 0 Å². The van der Waals surface area contributed by atoms with Crippen molar-refractivity contribution in [3.63, 3.8) is 0 Å². The number of benzene rings is 2. The molecule has 0 aromatic heterocycles. The monoisotopic (exact) mass is 302 g/mol. The molecule has 0 aliphatic rings. The molecule has 0 saturated heterocycles. The molecule has 2 aromatic rings. The molecular weight excluding hydrogens is 283 g/mol. The molecule has 0 fully saturated rings. The zero-order valence-corrected chi connectivity index (χ0v) is 13.1. The third kappa shape index (κ3) is 4.83. The molecule has 0 bridgehead atoms. The van der Waals surface area contributed by atoms with Gasteiger partial charge >= 0.3 is 0 Å². The van der Waals surface area contributed by atoms with Crippen LogP contribution in [0, 0.1) is 12.7 Å². The van der Waals surface area contributed by atoms with E-state index in [2.05, 4.69) is 36.5 Å². The van der Waals surface area contributed by atoms with E-state index >= 15 is 0 Å². The Morgan fingerprint density at radius 3 is 2.24 bits per heavy atom. The highest BCUT2D eigenvalue weighted by molar-refractivity contribution is 7.80. The van der Waals surface area contributed by atoms with Crippen LogP contribution in [0.1, 0.15) is 16.7 Å². The van der Waals surface area contributed by atoms with Gasteiger partial charge < -0.3 is 10.2 Å². The smallest absolute Gasteiger partial charge is 0.169 e. The molecule has 110 valence electrons. The van der Waals surface area contributed by atoms with E-state index in [1.54, 1.807) is 12.1 Å². The van der Waals surface area contributed by atoms with Crippen LogP contribution in [0.25, 0.3) is 0 Å². The summed E-state index contributed by atoms with van der Waals surface area (Å²) in [6, 6.07) is 14.8. The van der Waals surface area contributed by atoms with Gasteiger partial charge in [0.15, 0.2) is 5.11 Å². The van der Waals surface area contributed by atoms with Gasteiger partial charge in [-0.3, -0.25) is 0 Å². The van der Waals surface area contributed by atoms with Gasteiger partial charge in [0.25, 0.3) is 0 Å². The van der Waals surface area contributed by atoms with Crippen LogP contribution < -0.4 is 5.32 Å². The maximum Gasteiger partial charge on any atom is 0.169 e. The van der Waals surface area contributed by atoms with Crippen molar-refractivity contribution in [1.82, 2.24) is 10.2 Å². The molecule has 0 spiro atoms. The standard InChI is InChI=1S/C17H19FN2S/c1-13-3-5-15(6-4-13)12-20(2)17(21)19-11-14-7-9-16(18)10-8-14/h3-10H,11-12H2,1-2H3,(H,19,21). The molecule has 4 heteroatoms. The van der Waals surface area contributed by atoms with Crippen molar-refractivity contribution in [2.45, 2.75) is 20.0 Å².